The highest BCUT2D eigenvalue weighted by Crippen LogP contribution is 2.13. The van der Waals surface area contributed by atoms with E-state index >= 15 is 0 Å². The van der Waals surface area contributed by atoms with E-state index in [4.69, 9.17) is 11.6 Å². The molecule has 0 radical (unpaired) electrons. The summed E-state index contributed by atoms with van der Waals surface area (Å²) < 4.78 is 1.90. The Kier molecular flexibility index (Phi) is 4.55. The van der Waals surface area contributed by atoms with Gasteiger partial charge in [-0.05, 0) is 0 Å². The van der Waals surface area contributed by atoms with Crippen LogP contribution in [0.2, 0.25) is 0 Å². The fraction of sp³-hybridized carbons (Fsp3) is 0.417. The highest BCUT2D eigenvalue weighted by atomic mass is 35.5. The summed E-state index contributed by atoms with van der Waals surface area (Å²) in [6.07, 6.45) is 3.89. The maximum Gasteiger partial charge on any atom is 0.229 e. The van der Waals surface area contributed by atoms with Gasteiger partial charge in [-0.1, -0.05) is 0 Å². The van der Waals surface area contributed by atoms with E-state index in [0.717, 1.165) is 16.5 Å². The third-order valence-corrected chi connectivity index (χ3v) is 3.94. The summed E-state index contributed by atoms with van der Waals surface area (Å²) in [5, 5.41) is 2.68. The Hall–Kier alpha value is -1.40. The van der Waals surface area contributed by atoms with Gasteiger partial charge < -0.3 is 9.47 Å². The van der Waals surface area contributed by atoms with Gasteiger partial charge in [0.15, 0.2) is 0 Å². The van der Waals surface area contributed by atoms with Crippen molar-refractivity contribution in [3.8, 4) is 0 Å². The molecule has 0 N–H and O–H groups in total. The van der Waals surface area contributed by atoms with E-state index in [1.54, 1.807) is 18.1 Å². The number of carbonyl (C=O) groups excluding carboxylic acids is 1. The number of thiazole rings is 1. The maximum absolute atomic E-state index is 12.1. The minimum Gasteiger partial charge on any atom is -0.338 e. The number of nitrogens with zero attached hydrogens (tertiary/aromatic N) is 4. The first kappa shape index (κ1) is 14.0. The number of imidazole rings is 1. The Labute approximate surface area is 120 Å². The van der Waals surface area contributed by atoms with Gasteiger partial charge in [-0.3, -0.25) is 4.79 Å². The lowest BCUT2D eigenvalue weighted by Crippen LogP contribution is -2.28. The quantitative estimate of drug-likeness (QED) is 0.791. The topological polar surface area (TPSA) is 51.0 Å². The van der Waals surface area contributed by atoms with E-state index in [1.165, 1.54) is 11.3 Å². The average Bonchev–Trinajstić information content (AvgIpc) is 2.99. The number of alkyl halides is 1. The van der Waals surface area contributed by atoms with Crippen molar-refractivity contribution in [1.29, 1.82) is 0 Å². The highest BCUT2D eigenvalue weighted by Gasteiger charge is 2.14. The molecule has 1 amide bonds. The second-order valence-corrected chi connectivity index (χ2v) is 5.46. The number of hydrogen-bond donors (Lipinski definition) is 0. The lowest BCUT2D eigenvalue weighted by Gasteiger charge is -2.16. The molecule has 7 heteroatoms. The second kappa shape index (κ2) is 6.16. The SMILES string of the molecule is CN(Cc1nccn1C)C(=O)Cc1nc(CCl)cs1. The van der Waals surface area contributed by atoms with Crippen molar-refractivity contribution in [3.63, 3.8) is 0 Å². The van der Waals surface area contributed by atoms with Gasteiger partial charge in [-0.15, -0.1) is 22.9 Å². The molecule has 19 heavy (non-hydrogen) atoms. The van der Waals surface area contributed by atoms with E-state index in [-0.39, 0.29) is 5.91 Å². The van der Waals surface area contributed by atoms with Gasteiger partial charge in [0.05, 0.1) is 24.5 Å². The van der Waals surface area contributed by atoms with Gasteiger partial charge in [0.25, 0.3) is 0 Å². The number of rotatable bonds is 5. The van der Waals surface area contributed by atoms with Crippen LogP contribution in [0.3, 0.4) is 0 Å². The van der Waals surface area contributed by atoms with Crippen molar-refractivity contribution >= 4 is 28.8 Å². The summed E-state index contributed by atoms with van der Waals surface area (Å²) in [7, 11) is 3.68. The number of halogens is 1. The fourth-order valence-electron chi connectivity index (χ4n) is 1.60. The van der Waals surface area contributed by atoms with Crippen LogP contribution in [-0.4, -0.2) is 32.4 Å². The molecule has 0 saturated carbocycles. The number of amides is 1. The van der Waals surface area contributed by atoms with Crippen molar-refractivity contribution in [2.45, 2.75) is 18.8 Å². The summed E-state index contributed by atoms with van der Waals surface area (Å²) in [4.78, 5) is 22.2. The lowest BCUT2D eigenvalue weighted by atomic mass is 10.3. The van der Waals surface area contributed by atoms with Gasteiger partial charge in [-0.2, -0.15) is 0 Å². The first-order chi connectivity index (χ1) is 9.10. The number of hydrogen-bond acceptors (Lipinski definition) is 4. The van der Waals surface area contributed by atoms with E-state index < -0.39 is 0 Å². The lowest BCUT2D eigenvalue weighted by molar-refractivity contribution is -0.129. The molecule has 0 aromatic carbocycles. The smallest absolute Gasteiger partial charge is 0.229 e. The molecule has 0 fully saturated rings. The number of aryl methyl sites for hydroxylation is 1. The summed E-state index contributed by atoms with van der Waals surface area (Å²) in [6.45, 7) is 0.496. The van der Waals surface area contributed by atoms with E-state index in [2.05, 4.69) is 9.97 Å². The molecule has 5 nitrogen and oxygen atoms in total. The zero-order valence-electron chi connectivity index (χ0n) is 10.8. The Morgan fingerprint density at radius 2 is 2.37 bits per heavy atom. The van der Waals surface area contributed by atoms with Crippen molar-refractivity contribution < 1.29 is 4.79 Å². The molecule has 2 aromatic heterocycles. The second-order valence-electron chi connectivity index (χ2n) is 4.25. The van der Waals surface area contributed by atoms with Crippen LogP contribution in [0.25, 0.3) is 0 Å². The third-order valence-electron chi connectivity index (χ3n) is 2.76. The molecule has 0 spiro atoms. The van der Waals surface area contributed by atoms with Crippen LogP contribution in [0, 0.1) is 0 Å². The van der Waals surface area contributed by atoms with Crippen LogP contribution in [-0.2, 0) is 30.7 Å². The average molecular weight is 299 g/mol. The van der Waals surface area contributed by atoms with Crippen LogP contribution in [0.1, 0.15) is 16.5 Å². The molecule has 2 rings (SSSR count). The summed E-state index contributed by atoms with van der Waals surface area (Å²) in [5.74, 6) is 1.27. The molecule has 0 saturated heterocycles. The molecular weight excluding hydrogens is 284 g/mol. The highest BCUT2D eigenvalue weighted by molar-refractivity contribution is 7.09. The van der Waals surface area contributed by atoms with Crippen molar-refractivity contribution in [2.24, 2.45) is 7.05 Å². The third kappa shape index (κ3) is 3.54. The fourth-order valence-corrected chi connectivity index (χ4v) is 2.62. The van der Waals surface area contributed by atoms with E-state index in [0.29, 0.717) is 18.8 Å². The Morgan fingerprint density at radius 3 is 2.95 bits per heavy atom. The minimum absolute atomic E-state index is 0.0264. The van der Waals surface area contributed by atoms with Gasteiger partial charge in [-0.25, -0.2) is 9.97 Å². The summed E-state index contributed by atoms with van der Waals surface area (Å²) >= 11 is 7.16. The molecule has 0 unspecified atom stereocenters. The Morgan fingerprint density at radius 1 is 1.58 bits per heavy atom. The van der Waals surface area contributed by atoms with Gasteiger partial charge in [0.2, 0.25) is 5.91 Å². The molecule has 0 bridgehead atoms. The van der Waals surface area contributed by atoms with Crippen molar-refractivity contribution in [1.82, 2.24) is 19.4 Å². The zero-order chi connectivity index (χ0) is 13.8. The first-order valence-electron chi connectivity index (χ1n) is 5.79. The van der Waals surface area contributed by atoms with Crippen LogP contribution in [0.5, 0.6) is 0 Å². The predicted octanol–water partition coefficient (Wildman–Crippen LogP) is 1.82. The predicted molar refractivity (Wildman–Crippen MR) is 75.1 cm³/mol. The van der Waals surface area contributed by atoms with Gasteiger partial charge in [0, 0.05) is 31.9 Å². The number of carbonyl (C=O) groups is 1. The molecule has 0 aliphatic carbocycles. The summed E-state index contributed by atoms with van der Waals surface area (Å²) in [6, 6.07) is 0. The molecule has 2 heterocycles. The number of aromatic nitrogens is 3. The van der Waals surface area contributed by atoms with Crippen molar-refractivity contribution in [3.05, 3.63) is 34.3 Å². The Balaban J connectivity index is 1.94. The van der Waals surface area contributed by atoms with Gasteiger partial charge in [0.1, 0.15) is 10.8 Å². The Bertz CT molecular complexity index is 566. The largest absolute Gasteiger partial charge is 0.338 e. The van der Waals surface area contributed by atoms with Crippen LogP contribution >= 0.6 is 22.9 Å². The van der Waals surface area contributed by atoms with E-state index in [9.17, 15) is 4.79 Å². The van der Waals surface area contributed by atoms with Crippen molar-refractivity contribution in [2.75, 3.05) is 7.05 Å². The minimum atomic E-state index is 0.0264. The molecule has 0 atom stereocenters. The molecular formula is C12H15ClN4OS. The standard InChI is InChI=1S/C12H15ClN4OS/c1-16-4-3-14-10(16)7-17(2)12(18)5-11-15-9(6-13)8-19-11/h3-4,8H,5-7H2,1-2H3. The van der Waals surface area contributed by atoms with Gasteiger partial charge >= 0.3 is 0 Å². The molecule has 0 aliphatic heterocycles. The molecule has 0 aliphatic rings. The summed E-state index contributed by atoms with van der Waals surface area (Å²) in [5.41, 5.74) is 0.821. The molecule has 102 valence electrons. The maximum atomic E-state index is 12.1. The van der Waals surface area contributed by atoms with Crippen LogP contribution < -0.4 is 0 Å². The van der Waals surface area contributed by atoms with Crippen LogP contribution in [0.4, 0.5) is 0 Å². The van der Waals surface area contributed by atoms with E-state index in [1.807, 2.05) is 23.2 Å². The number of likely N-dealkylation sites (N-methyl/N-ethyl adjacent to an activating group) is 1. The first-order valence-corrected chi connectivity index (χ1v) is 7.21. The molecule has 2 aromatic rings. The normalized spacial score (nSPS) is 10.7. The zero-order valence-corrected chi connectivity index (χ0v) is 12.4. The van der Waals surface area contributed by atoms with Crippen LogP contribution in [0.15, 0.2) is 17.8 Å². The monoisotopic (exact) mass is 298 g/mol.